The lowest BCUT2D eigenvalue weighted by Gasteiger charge is -2.36. The van der Waals surface area contributed by atoms with Crippen molar-refractivity contribution in [2.45, 2.75) is 26.3 Å². The summed E-state index contributed by atoms with van der Waals surface area (Å²) in [5, 5.41) is 14.7. The summed E-state index contributed by atoms with van der Waals surface area (Å²) in [6.07, 6.45) is 0. The van der Waals surface area contributed by atoms with Gasteiger partial charge < -0.3 is 15.1 Å². The van der Waals surface area contributed by atoms with E-state index in [2.05, 4.69) is 15.2 Å². The maximum Gasteiger partial charge on any atom is 0.317 e. The maximum absolute atomic E-state index is 12.2. The molecule has 2 aromatic rings. The molecule has 0 bridgehead atoms. The monoisotopic (exact) mass is 363 g/mol. The topological polar surface area (TPSA) is 91.6 Å². The minimum atomic E-state index is -0.397. The fraction of sp³-hybridized carbons (Fsp3) is 0.500. The number of anilines is 1. The van der Waals surface area contributed by atoms with Gasteiger partial charge in [0.15, 0.2) is 5.13 Å². The van der Waals surface area contributed by atoms with Crippen LogP contribution in [0.25, 0.3) is 10.2 Å². The summed E-state index contributed by atoms with van der Waals surface area (Å²) in [6, 6.07) is 4.66. The van der Waals surface area contributed by atoms with Gasteiger partial charge in [-0.2, -0.15) is 0 Å². The molecule has 1 saturated heterocycles. The van der Waals surface area contributed by atoms with Crippen LogP contribution in [-0.2, 0) is 0 Å². The van der Waals surface area contributed by atoms with Gasteiger partial charge in [0, 0.05) is 43.9 Å². The Morgan fingerprint density at radius 1 is 1.28 bits per heavy atom. The molecule has 0 atom stereocenters. The Morgan fingerprint density at radius 3 is 2.56 bits per heavy atom. The van der Waals surface area contributed by atoms with Gasteiger partial charge in [-0.15, -0.1) is 0 Å². The molecule has 0 radical (unpaired) electrons. The van der Waals surface area contributed by atoms with Crippen LogP contribution < -0.4 is 10.2 Å². The molecule has 25 heavy (non-hydrogen) atoms. The van der Waals surface area contributed by atoms with Crippen LogP contribution in [0.1, 0.15) is 20.8 Å². The first kappa shape index (κ1) is 17.4. The predicted octanol–water partition coefficient (Wildman–Crippen LogP) is 2.83. The molecule has 1 aliphatic rings. The summed E-state index contributed by atoms with van der Waals surface area (Å²) < 4.78 is 0.803. The second-order valence-corrected chi connectivity index (χ2v) is 8.07. The smallest absolute Gasteiger partial charge is 0.317 e. The largest absolute Gasteiger partial charge is 0.345 e. The molecular formula is C16H21N5O3S. The average molecular weight is 363 g/mol. The number of nitrogens with one attached hydrogen (secondary N) is 1. The van der Waals surface area contributed by atoms with Crippen LogP contribution in [0.3, 0.4) is 0 Å². The number of rotatable bonds is 2. The van der Waals surface area contributed by atoms with Crippen molar-refractivity contribution < 1.29 is 9.72 Å². The summed E-state index contributed by atoms with van der Waals surface area (Å²) >= 11 is 1.45. The third-order valence-electron chi connectivity index (χ3n) is 3.89. The van der Waals surface area contributed by atoms with Crippen molar-refractivity contribution in [1.82, 2.24) is 15.2 Å². The lowest BCUT2D eigenvalue weighted by atomic mass is 10.1. The molecule has 2 heterocycles. The lowest BCUT2D eigenvalue weighted by Crippen LogP contribution is -2.55. The molecule has 1 fully saturated rings. The predicted molar refractivity (Wildman–Crippen MR) is 98.3 cm³/mol. The number of hydrogen-bond acceptors (Lipinski definition) is 6. The van der Waals surface area contributed by atoms with Gasteiger partial charge in [0.25, 0.3) is 5.69 Å². The number of hydrogen-bond donors (Lipinski definition) is 1. The van der Waals surface area contributed by atoms with Gasteiger partial charge in [0.2, 0.25) is 0 Å². The van der Waals surface area contributed by atoms with Crippen LogP contribution in [0.5, 0.6) is 0 Å². The third-order valence-corrected chi connectivity index (χ3v) is 4.97. The molecule has 9 heteroatoms. The molecule has 8 nitrogen and oxygen atoms in total. The highest BCUT2D eigenvalue weighted by atomic mass is 32.1. The van der Waals surface area contributed by atoms with Gasteiger partial charge in [-0.25, -0.2) is 9.78 Å². The Morgan fingerprint density at radius 2 is 1.96 bits per heavy atom. The number of carbonyl (C=O) groups is 1. The van der Waals surface area contributed by atoms with Gasteiger partial charge >= 0.3 is 6.03 Å². The Labute approximate surface area is 149 Å². The van der Waals surface area contributed by atoms with E-state index in [-0.39, 0.29) is 17.3 Å². The number of thiazole rings is 1. The van der Waals surface area contributed by atoms with E-state index in [9.17, 15) is 14.9 Å². The Kier molecular flexibility index (Phi) is 4.51. The maximum atomic E-state index is 12.2. The molecule has 1 aliphatic heterocycles. The third kappa shape index (κ3) is 3.98. The summed E-state index contributed by atoms with van der Waals surface area (Å²) in [6.45, 7) is 8.51. The molecule has 0 spiro atoms. The van der Waals surface area contributed by atoms with Crippen molar-refractivity contribution >= 4 is 38.4 Å². The van der Waals surface area contributed by atoms with Crippen molar-refractivity contribution in [3.05, 3.63) is 28.3 Å². The van der Waals surface area contributed by atoms with Crippen LogP contribution in [0, 0.1) is 10.1 Å². The van der Waals surface area contributed by atoms with E-state index in [4.69, 9.17) is 0 Å². The number of carbonyl (C=O) groups excluding carboxylic acids is 1. The first-order valence-corrected chi connectivity index (χ1v) is 8.91. The van der Waals surface area contributed by atoms with E-state index in [0.29, 0.717) is 26.2 Å². The van der Waals surface area contributed by atoms with E-state index in [1.807, 2.05) is 20.8 Å². The average Bonchev–Trinajstić information content (AvgIpc) is 2.96. The normalized spacial score (nSPS) is 15.5. The Bertz CT molecular complexity index is 806. The van der Waals surface area contributed by atoms with E-state index in [1.165, 1.54) is 17.4 Å². The SMILES string of the molecule is CC(C)(C)NC(=O)N1CCN(c2nc3ccc([N+](=O)[O-])cc3s2)CC1. The number of benzene rings is 1. The fourth-order valence-corrected chi connectivity index (χ4v) is 3.70. The number of urea groups is 1. The van der Waals surface area contributed by atoms with Crippen LogP contribution >= 0.6 is 11.3 Å². The second kappa shape index (κ2) is 6.47. The van der Waals surface area contributed by atoms with E-state index >= 15 is 0 Å². The fourth-order valence-electron chi connectivity index (χ4n) is 2.65. The van der Waals surface area contributed by atoms with Crippen LogP contribution in [-0.4, -0.2) is 52.6 Å². The number of amides is 2. The first-order chi connectivity index (χ1) is 11.7. The summed E-state index contributed by atoms with van der Waals surface area (Å²) in [5.41, 5.74) is 0.584. The van der Waals surface area contributed by atoms with Gasteiger partial charge in [-0.1, -0.05) is 11.3 Å². The lowest BCUT2D eigenvalue weighted by molar-refractivity contribution is -0.384. The molecule has 0 unspecified atom stereocenters. The zero-order chi connectivity index (χ0) is 18.2. The van der Waals surface area contributed by atoms with Crippen molar-refractivity contribution in [1.29, 1.82) is 0 Å². The number of non-ortho nitro benzene ring substituents is 1. The standard InChI is InChI=1S/C16H21N5O3S/c1-16(2,3)18-14(22)19-6-8-20(9-7-19)15-17-12-5-4-11(21(23)24)10-13(12)25-15/h4-5,10H,6-9H2,1-3H3,(H,18,22). The Balaban J connectivity index is 1.67. The van der Waals surface area contributed by atoms with Gasteiger partial charge in [-0.05, 0) is 26.8 Å². The van der Waals surface area contributed by atoms with Crippen molar-refractivity contribution in [2.75, 3.05) is 31.1 Å². The molecule has 0 saturated carbocycles. The molecular weight excluding hydrogens is 342 g/mol. The number of nitro benzene ring substituents is 1. The van der Waals surface area contributed by atoms with E-state index in [1.54, 1.807) is 17.0 Å². The summed E-state index contributed by atoms with van der Waals surface area (Å²) in [4.78, 5) is 31.2. The van der Waals surface area contributed by atoms with Crippen LogP contribution in [0.15, 0.2) is 18.2 Å². The minimum absolute atomic E-state index is 0.0490. The van der Waals surface area contributed by atoms with Crippen molar-refractivity contribution in [3.8, 4) is 0 Å². The van der Waals surface area contributed by atoms with E-state index < -0.39 is 4.92 Å². The highest BCUT2D eigenvalue weighted by Gasteiger charge is 2.25. The number of aromatic nitrogens is 1. The molecule has 134 valence electrons. The highest BCUT2D eigenvalue weighted by molar-refractivity contribution is 7.22. The first-order valence-electron chi connectivity index (χ1n) is 8.10. The van der Waals surface area contributed by atoms with Crippen molar-refractivity contribution in [3.63, 3.8) is 0 Å². The number of nitro groups is 1. The second-order valence-electron chi connectivity index (χ2n) is 7.06. The van der Waals surface area contributed by atoms with Crippen LogP contribution in [0.4, 0.5) is 15.6 Å². The summed E-state index contributed by atoms with van der Waals surface area (Å²) in [7, 11) is 0. The van der Waals surface area contributed by atoms with Gasteiger partial charge in [-0.3, -0.25) is 10.1 Å². The number of piperazine rings is 1. The number of fused-ring (bicyclic) bond motifs is 1. The molecule has 3 rings (SSSR count). The Hall–Kier alpha value is -2.42. The molecule has 2 amide bonds. The van der Waals surface area contributed by atoms with Gasteiger partial charge in [0.1, 0.15) is 0 Å². The molecule has 1 aromatic carbocycles. The quantitative estimate of drug-likeness (QED) is 0.654. The zero-order valence-electron chi connectivity index (χ0n) is 14.5. The highest BCUT2D eigenvalue weighted by Crippen LogP contribution is 2.31. The number of nitrogens with zero attached hydrogens (tertiary/aromatic N) is 4. The molecule has 0 aliphatic carbocycles. The van der Waals surface area contributed by atoms with Crippen molar-refractivity contribution in [2.24, 2.45) is 0 Å². The molecule has 1 N–H and O–H groups in total. The van der Waals surface area contributed by atoms with E-state index in [0.717, 1.165) is 15.3 Å². The van der Waals surface area contributed by atoms with Crippen LogP contribution in [0.2, 0.25) is 0 Å². The zero-order valence-corrected chi connectivity index (χ0v) is 15.3. The summed E-state index contributed by atoms with van der Waals surface area (Å²) in [5.74, 6) is 0. The minimum Gasteiger partial charge on any atom is -0.345 e. The van der Waals surface area contributed by atoms with Gasteiger partial charge in [0.05, 0.1) is 15.1 Å². The molecule has 1 aromatic heterocycles.